The summed E-state index contributed by atoms with van der Waals surface area (Å²) in [6.07, 6.45) is -6.42. The maximum Gasteiger partial charge on any atom is 0.419 e. The van der Waals surface area contributed by atoms with Crippen molar-refractivity contribution in [3.05, 3.63) is 102 Å². The van der Waals surface area contributed by atoms with Crippen molar-refractivity contribution in [1.29, 1.82) is 0 Å². The SMILES string of the molecule is CC(C)Oc1ccc(-c2noc(-c3ccc(F)cc3)n2)cc1C(F)(F)F.CC(C)Oc1ccc(-c2noc(-c3ccc(OCC4CNCCO4)cc3)n2)cc1C(F)(F)F.OCC1CCCCO1. The normalized spacial score (nSPS) is 16.4. The number of alkyl halides is 6. The summed E-state index contributed by atoms with van der Waals surface area (Å²) in [5.41, 5.74) is -0.427. The number of benzene rings is 4. The molecule has 2 fully saturated rings. The van der Waals surface area contributed by atoms with E-state index in [0.29, 0.717) is 30.1 Å². The lowest BCUT2D eigenvalue weighted by Crippen LogP contribution is -2.41. The molecule has 67 heavy (non-hydrogen) atoms. The average Bonchev–Trinajstić information content (AvgIpc) is 4.01. The van der Waals surface area contributed by atoms with Crippen molar-refractivity contribution >= 4 is 0 Å². The summed E-state index contributed by atoms with van der Waals surface area (Å²) in [6, 6.07) is 19.6. The number of rotatable bonds is 12. The number of ether oxygens (including phenoxy) is 5. The van der Waals surface area contributed by atoms with Gasteiger partial charge in [0, 0.05) is 42.0 Å². The first-order valence-corrected chi connectivity index (χ1v) is 21.4. The fourth-order valence-corrected chi connectivity index (χ4v) is 6.56. The Morgan fingerprint density at radius 1 is 0.657 bits per heavy atom. The summed E-state index contributed by atoms with van der Waals surface area (Å²) >= 11 is 0. The molecule has 0 saturated carbocycles. The third kappa shape index (κ3) is 14.7. The van der Waals surface area contributed by atoms with Crippen LogP contribution in [0.25, 0.3) is 45.7 Å². The number of nitrogens with zero attached hydrogens (tertiary/aromatic N) is 4. The number of halogens is 7. The zero-order valence-electron chi connectivity index (χ0n) is 37.0. The highest BCUT2D eigenvalue weighted by atomic mass is 19.4. The number of hydrogen-bond donors (Lipinski definition) is 2. The zero-order valence-corrected chi connectivity index (χ0v) is 37.0. The molecule has 2 aromatic heterocycles. The Morgan fingerprint density at radius 2 is 1.15 bits per heavy atom. The molecule has 20 heteroatoms. The van der Waals surface area contributed by atoms with Crippen molar-refractivity contribution in [3.8, 4) is 62.9 Å². The molecule has 2 unspecified atom stereocenters. The monoisotopic (exact) mass is 945 g/mol. The Morgan fingerprint density at radius 3 is 1.57 bits per heavy atom. The molecule has 8 rings (SSSR count). The van der Waals surface area contributed by atoms with Crippen molar-refractivity contribution in [2.24, 2.45) is 0 Å². The standard InChI is InChI=1S/C23H24F3N3O4.C18H14F4N2O2.C6H12O2/c1-14(2)32-20-8-5-16(11-19(20)23(24,25)26)21-28-22(33-29-21)15-3-6-17(7-4-15)31-13-18-12-27-9-10-30-18;1-10(2)25-15-8-5-12(9-14(15)18(20,21)22)16-23-17(26-24-16)11-3-6-13(19)7-4-11;7-5-6-3-1-2-4-8-6/h3-8,11,14,18,27H,9-10,12-13H2,1-2H3;3-10H,1-2H3;6-7H,1-5H2. The maximum atomic E-state index is 13.5. The molecule has 6 aromatic rings. The van der Waals surface area contributed by atoms with E-state index >= 15 is 0 Å². The van der Waals surface area contributed by atoms with Crippen molar-refractivity contribution in [2.45, 2.75) is 83.7 Å². The van der Waals surface area contributed by atoms with E-state index in [9.17, 15) is 30.7 Å². The maximum absolute atomic E-state index is 13.5. The van der Waals surface area contributed by atoms with Gasteiger partial charge < -0.3 is 43.2 Å². The molecule has 2 aliphatic rings. The Kier molecular flexibility index (Phi) is 17.3. The molecule has 0 aliphatic carbocycles. The van der Waals surface area contributed by atoms with Gasteiger partial charge in [-0.1, -0.05) is 10.3 Å². The summed E-state index contributed by atoms with van der Waals surface area (Å²) in [5.74, 6) is 0.0315. The lowest BCUT2D eigenvalue weighted by Gasteiger charge is -2.23. The van der Waals surface area contributed by atoms with Crippen molar-refractivity contribution in [1.82, 2.24) is 25.6 Å². The molecule has 13 nitrogen and oxygen atoms in total. The van der Waals surface area contributed by atoms with Gasteiger partial charge in [-0.3, -0.25) is 0 Å². The number of hydrogen-bond acceptors (Lipinski definition) is 13. The molecule has 2 N–H and O–H groups in total. The molecule has 0 amide bonds. The van der Waals surface area contributed by atoms with Crippen LogP contribution in [0.3, 0.4) is 0 Å². The lowest BCUT2D eigenvalue weighted by atomic mass is 10.1. The molecule has 2 aliphatic heterocycles. The van der Waals surface area contributed by atoms with Crippen LogP contribution in [0.15, 0.2) is 94.0 Å². The molecular weight excluding hydrogens is 896 g/mol. The smallest absolute Gasteiger partial charge is 0.419 e. The quantitative estimate of drug-likeness (QED) is 0.112. The van der Waals surface area contributed by atoms with E-state index < -0.39 is 41.5 Å². The Bertz CT molecular complexity index is 2450. The fraction of sp³-hybridized carbons (Fsp3) is 0.404. The molecule has 4 aromatic carbocycles. The number of aromatic nitrogens is 4. The van der Waals surface area contributed by atoms with Gasteiger partial charge in [-0.05, 0) is 132 Å². The fourth-order valence-electron chi connectivity index (χ4n) is 6.56. The first-order valence-electron chi connectivity index (χ1n) is 21.4. The highest BCUT2D eigenvalue weighted by molar-refractivity contribution is 5.64. The van der Waals surface area contributed by atoms with Gasteiger partial charge in [-0.25, -0.2) is 4.39 Å². The summed E-state index contributed by atoms with van der Waals surface area (Å²) in [6.45, 7) is 10.3. The van der Waals surface area contributed by atoms with Gasteiger partial charge in [0.15, 0.2) is 0 Å². The predicted molar refractivity (Wildman–Crippen MR) is 231 cm³/mol. The first-order chi connectivity index (χ1) is 32.0. The third-order valence-corrected chi connectivity index (χ3v) is 9.77. The summed E-state index contributed by atoms with van der Waals surface area (Å²) in [7, 11) is 0. The molecule has 0 bridgehead atoms. The molecule has 360 valence electrons. The van der Waals surface area contributed by atoms with Crippen molar-refractivity contribution in [2.75, 3.05) is 39.5 Å². The summed E-state index contributed by atoms with van der Waals surface area (Å²) < 4.78 is 131. The van der Waals surface area contributed by atoms with Crippen LogP contribution in [0.2, 0.25) is 0 Å². The summed E-state index contributed by atoms with van der Waals surface area (Å²) in [5, 5.41) is 19.4. The van der Waals surface area contributed by atoms with Gasteiger partial charge >= 0.3 is 12.4 Å². The number of morpholine rings is 1. The van der Waals surface area contributed by atoms with E-state index in [1.807, 2.05) is 0 Å². The van der Waals surface area contributed by atoms with Crippen molar-refractivity contribution < 1.29 is 68.6 Å². The minimum atomic E-state index is -4.59. The van der Waals surface area contributed by atoms with E-state index in [2.05, 4.69) is 25.6 Å². The van der Waals surface area contributed by atoms with Gasteiger partial charge in [0.25, 0.3) is 11.8 Å². The molecule has 2 atom stereocenters. The van der Waals surface area contributed by atoms with E-state index in [4.69, 9.17) is 37.8 Å². The second kappa shape index (κ2) is 23.1. The Hall–Kier alpha value is -6.09. The van der Waals surface area contributed by atoms with Crippen LogP contribution in [0, 0.1) is 5.82 Å². The van der Waals surface area contributed by atoms with Gasteiger partial charge in [-0.15, -0.1) is 0 Å². The Labute approximate surface area is 381 Å². The van der Waals surface area contributed by atoms with Gasteiger partial charge in [0.1, 0.15) is 35.8 Å². The number of nitrogens with one attached hydrogen (secondary N) is 1. The van der Waals surface area contributed by atoms with Crippen LogP contribution < -0.4 is 19.5 Å². The minimum Gasteiger partial charge on any atom is -0.491 e. The minimum absolute atomic E-state index is 0.00385. The van der Waals surface area contributed by atoms with Crippen LogP contribution in [0.1, 0.15) is 58.1 Å². The first kappa shape index (κ1) is 50.3. The molecular formula is C47H50F7N5O8. The molecule has 2 saturated heterocycles. The zero-order chi connectivity index (χ0) is 48.1. The van der Waals surface area contributed by atoms with E-state index in [0.717, 1.165) is 44.7 Å². The highest BCUT2D eigenvalue weighted by Crippen LogP contribution is 2.40. The largest absolute Gasteiger partial charge is 0.491 e. The number of aliphatic hydroxyl groups is 1. The van der Waals surface area contributed by atoms with Crippen LogP contribution in [-0.4, -0.2) is 89.3 Å². The third-order valence-electron chi connectivity index (χ3n) is 9.77. The summed E-state index contributed by atoms with van der Waals surface area (Å²) in [4.78, 5) is 8.34. The van der Waals surface area contributed by atoms with Gasteiger partial charge in [0.05, 0.1) is 42.7 Å². The topological polar surface area (TPSA) is 156 Å². The van der Waals surface area contributed by atoms with E-state index in [1.54, 1.807) is 52.0 Å². The lowest BCUT2D eigenvalue weighted by molar-refractivity contribution is -0.140. The molecule has 0 radical (unpaired) electrons. The van der Waals surface area contributed by atoms with Crippen LogP contribution in [0.5, 0.6) is 17.2 Å². The van der Waals surface area contributed by atoms with Crippen LogP contribution in [-0.2, 0) is 21.8 Å². The molecule has 4 heterocycles. The van der Waals surface area contributed by atoms with E-state index in [-0.39, 0.29) is 64.9 Å². The highest BCUT2D eigenvalue weighted by Gasteiger charge is 2.36. The van der Waals surface area contributed by atoms with Crippen LogP contribution in [0.4, 0.5) is 30.7 Å². The molecule has 0 spiro atoms. The second-order valence-corrected chi connectivity index (χ2v) is 15.8. The van der Waals surface area contributed by atoms with Gasteiger partial charge in [0.2, 0.25) is 11.6 Å². The average molecular weight is 946 g/mol. The van der Waals surface area contributed by atoms with Crippen LogP contribution >= 0.6 is 0 Å². The van der Waals surface area contributed by atoms with Gasteiger partial charge in [-0.2, -0.15) is 36.3 Å². The predicted octanol–water partition coefficient (Wildman–Crippen LogP) is 10.5. The van der Waals surface area contributed by atoms with E-state index in [1.165, 1.54) is 55.0 Å². The second-order valence-electron chi connectivity index (χ2n) is 15.8. The number of aliphatic hydroxyl groups excluding tert-OH is 1. The van der Waals surface area contributed by atoms with Crippen molar-refractivity contribution in [3.63, 3.8) is 0 Å². The Balaban J connectivity index is 0.000000193.